The van der Waals surface area contributed by atoms with Crippen LogP contribution in [0.15, 0.2) is 66.9 Å². The lowest BCUT2D eigenvalue weighted by Gasteiger charge is -2.13. The van der Waals surface area contributed by atoms with Gasteiger partial charge in [0.2, 0.25) is 0 Å². The average molecular weight is 408 g/mol. The first-order valence-electron chi connectivity index (χ1n) is 7.95. The van der Waals surface area contributed by atoms with Crippen molar-refractivity contribution in [2.75, 3.05) is 10.6 Å². The molecule has 0 radical (unpaired) electrons. The monoisotopic (exact) mass is 407 g/mol. The molecule has 0 unspecified atom stereocenters. The number of hydrogen-bond donors (Lipinski definition) is 2. The lowest BCUT2D eigenvalue weighted by Crippen LogP contribution is -2.17. The number of alkyl halides is 3. The number of carbonyl (C=O) groups excluding carboxylic acids is 1. The van der Waals surface area contributed by atoms with Gasteiger partial charge in [-0.25, -0.2) is 4.98 Å². The number of hydrogen-bond acceptors (Lipinski definition) is 4. The number of pyridine rings is 1. The SMILES string of the molecule is O=C(Nc1ccc(OC(F)(F)F)cc1)c1cccnc1Nc1ccccc1Cl. The van der Waals surface area contributed by atoms with Gasteiger partial charge in [0.05, 0.1) is 16.3 Å². The number of anilines is 3. The summed E-state index contributed by atoms with van der Waals surface area (Å²) in [5, 5.41) is 6.05. The van der Waals surface area contributed by atoms with Crippen molar-refractivity contribution < 1.29 is 22.7 Å². The van der Waals surface area contributed by atoms with Crippen molar-refractivity contribution in [3.63, 3.8) is 0 Å². The van der Waals surface area contributed by atoms with Crippen LogP contribution in [0.25, 0.3) is 0 Å². The highest BCUT2D eigenvalue weighted by Gasteiger charge is 2.31. The van der Waals surface area contributed by atoms with Crippen LogP contribution in [-0.2, 0) is 0 Å². The zero-order valence-corrected chi connectivity index (χ0v) is 14.9. The molecule has 3 aromatic rings. The van der Waals surface area contributed by atoms with E-state index in [1.807, 2.05) is 0 Å². The quantitative estimate of drug-likeness (QED) is 0.575. The molecule has 0 bridgehead atoms. The van der Waals surface area contributed by atoms with Gasteiger partial charge >= 0.3 is 6.36 Å². The Kier molecular flexibility index (Phi) is 5.70. The predicted octanol–water partition coefficient (Wildman–Crippen LogP) is 5.63. The van der Waals surface area contributed by atoms with Gasteiger partial charge in [0.25, 0.3) is 5.91 Å². The number of nitrogens with one attached hydrogen (secondary N) is 2. The van der Waals surface area contributed by atoms with E-state index in [9.17, 15) is 18.0 Å². The largest absolute Gasteiger partial charge is 0.573 e. The molecular weight excluding hydrogens is 395 g/mol. The summed E-state index contributed by atoms with van der Waals surface area (Å²) in [6.07, 6.45) is -3.26. The first-order valence-corrected chi connectivity index (χ1v) is 8.33. The van der Waals surface area contributed by atoms with Crippen molar-refractivity contribution in [1.29, 1.82) is 0 Å². The van der Waals surface area contributed by atoms with Gasteiger partial charge in [0, 0.05) is 11.9 Å². The summed E-state index contributed by atoms with van der Waals surface area (Å²) >= 11 is 6.11. The lowest BCUT2D eigenvalue weighted by molar-refractivity contribution is -0.274. The van der Waals surface area contributed by atoms with E-state index in [1.165, 1.54) is 18.3 Å². The molecule has 3 rings (SSSR count). The standard InChI is InChI=1S/C19H13ClF3N3O2/c20-15-5-1-2-6-16(15)26-17-14(4-3-11-24-17)18(27)25-12-7-9-13(10-8-12)28-19(21,22)23/h1-11H,(H,24,26)(H,25,27). The van der Waals surface area contributed by atoms with Gasteiger partial charge < -0.3 is 15.4 Å². The molecule has 0 fully saturated rings. The van der Waals surface area contributed by atoms with Gasteiger partial charge in [-0.05, 0) is 48.5 Å². The minimum Gasteiger partial charge on any atom is -0.406 e. The van der Waals surface area contributed by atoms with Crippen LogP contribution in [0.4, 0.5) is 30.4 Å². The Morgan fingerprint density at radius 1 is 1.00 bits per heavy atom. The van der Waals surface area contributed by atoms with Crippen LogP contribution in [0.1, 0.15) is 10.4 Å². The average Bonchev–Trinajstić information content (AvgIpc) is 2.64. The normalized spacial score (nSPS) is 11.0. The molecule has 1 aromatic heterocycles. The molecule has 0 saturated carbocycles. The summed E-state index contributed by atoms with van der Waals surface area (Å²) in [5.74, 6) is -0.592. The second kappa shape index (κ2) is 8.18. The van der Waals surface area contributed by atoms with E-state index in [-0.39, 0.29) is 17.1 Å². The number of benzene rings is 2. The minimum atomic E-state index is -4.78. The molecule has 2 aromatic carbocycles. The van der Waals surface area contributed by atoms with Gasteiger partial charge in [-0.3, -0.25) is 4.79 Å². The zero-order valence-electron chi connectivity index (χ0n) is 14.1. The molecule has 2 N–H and O–H groups in total. The highest BCUT2D eigenvalue weighted by atomic mass is 35.5. The van der Waals surface area contributed by atoms with Crippen molar-refractivity contribution >= 4 is 34.7 Å². The molecule has 9 heteroatoms. The van der Waals surface area contributed by atoms with Crippen molar-refractivity contribution in [2.24, 2.45) is 0 Å². The maximum atomic E-state index is 12.6. The number of amides is 1. The fourth-order valence-electron chi connectivity index (χ4n) is 2.32. The summed E-state index contributed by atoms with van der Waals surface area (Å²) in [7, 11) is 0. The Balaban J connectivity index is 1.75. The Hall–Kier alpha value is -3.26. The molecule has 5 nitrogen and oxygen atoms in total. The van der Waals surface area contributed by atoms with E-state index < -0.39 is 12.3 Å². The molecular formula is C19H13ClF3N3O2. The van der Waals surface area contributed by atoms with Gasteiger partial charge in [-0.1, -0.05) is 23.7 Å². The number of rotatable bonds is 5. The van der Waals surface area contributed by atoms with Crippen LogP contribution in [-0.4, -0.2) is 17.3 Å². The van der Waals surface area contributed by atoms with E-state index in [0.717, 1.165) is 12.1 Å². The first-order chi connectivity index (χ1) is 13.3. The van der Waals surface area contributed by atoms with Gasteiger partial charge in [-0.2, -0.15) is 0 Å². The van der Waals surface area contributed by atoms with Crippen LogP contribution in [0.2, 0.25) is 5.02 Å². The first kappa shape index (κ1) is 19.5. The van der Waals surface area contributed by atoms with Crippen molar-refractivity contribution in [3.05, 3.63) is 77.4 Å². The lowest BCUT2D eigenvalue weighted by atomic mass is 10.2. The van der Waals surface area contributed by atoms with Gasteiger partial charge in [0.15, 0.2) is 0 Å². The van der Waals surface area contributed by atoms with E-state index in [4.69, 9.17) is 11.6 Å². The van der Waals surface area contributed by atoms with Crippen LogP contribution in [0.3, 0.4) is 0 Å². The molecule has 1 amide bonds. The predicted molar refractivity (Wildman–Crippen MR) is 100 cm³/mol. The number of para-hydroxylation sites is 1. The Morgan fingerprint density at radius 3 is 2.39 bits per heavy atom. The maximum absolute atomic E-state index is 12.6. The summed E-state index contributed by atoms with van der Waals surface area (Å²) in [4.78, 5) is 16.7. The number of halogens is 4. The Labute approximate surface area is 163 Å². The van der Waals surface area contributed by atoms with E-state index in [0.29, 0.717) is 16.4 Å². The Bertz CT molecular complexity index is 979. The molecule has 0 saturated heterocycles. The summed E-state index contributed by atoms with van der Waals surface area (Å²) in [6, 6.07) is 14.9. The van der Waals surface area contributed by atoms with Crippen LogP contribution >= 0.6 is 11.6 Å². The molecule has 28 heavy (non-hydrogen) atoms. The molecule has 0 aliphatic rings. The van der Waals surface area contributed by atoms with Gasteiger partial charge in [-0.15, -0.1) is 13.2 Å². The molecule has 0 spiro atoms. The fraction of sp³-hybridized carbons (Fsp3) is 0.0526. The molecule has 0 atom stereocenters. The van der Waals surface area contributed by atoms with Gasteiger partial charge in [0.1, 0.15) is 11.6 Å². The second-order valence-corrected chi connectivity index (χ2v) is 5.94. The number of ether oxygens (including phenoxy) is 1. The second-order valence-electron chi connectivity index (χ2n) is 5.53. The highest BCUT2D eigenvalue weighted by molar-refractivity contribution is 6.33. The molecule has 144 valence electrons. The zero-order chi connectivity index (χ0) is 20.1. The number of carbonyl (C=O) groups is 1. The van der Waals surface area contributed by atoms with Crippen molar-refractivity contribution in [1.82, 2.24) is 4.98 Å². The Morgan fingerprint density at radius 2 is 1.71 bits per heavy atom. The minimum absolute atomic E-state index is 0.234. The molecule has 0 aliphatic heterocycles. The van der Waals surface area contributed by atoms with E-state index in [1.54, 1.807) is 36.4 Å². The number of nitrogens with zero attached hydrogens (tertiary/aromatic N) is 1. The van der Waals surface area contributed by atoms with Crippen LogP contribution in [0, 0.1) is 0 Å². The van der Waals surface area contributed by atoms with Crippen molar-refractivity contribution in [3.8, 4) is 5.75 Å². The summed E-state index contributed by atoms with van der Waals surface area (Å²) < 4.78 is 40.4. The smallest absolute Gasteiger partial charge is 0.406 e. The third-order valence-electron chi connectivity index (χ3n) is 3.53. The molecule has 1 heterocycles. The van der Waals surface area contributed by atoms with E-state index >= 15 is 0 Å². The topological polar surface area (TPSA) is 63.2 Å². The third kappa shape index (κ3) is 5.14. The van der Waals surface area contributed by atoms with Crippen LogP contribution < -0.4 is 15.4 Å². The summed E-state index contributed by atoms with van der Waals surface area (Å²) in [6.45, 7) is 0. The highest BCUT2D eigenvalue weighted by Crippen LogP contribution is 2.27. The fourth-order valence-corrected chi connectivity index (χ4v) is 2.50. The van der Waals surface area contributed by atoms with E-state index in [2.05, 4.69) is 20.4 Å². The number of aromatic nitrogens is 1. The maximum Gasteiger partial charge on any atom is 0.573 e. The molecule has 0 aliphatic carbocycles. The van der Waals surface area contributed by atoms with Crippen LogP contribution in [0.5, 0.6) is 5.75 Å². The van der Waals surface area contributed by atoms with Crippen molar-refractivity contribution in [2.45, 2.75) is 6.36 Å². The summed E-state index contributed by atoms with van der Waals surface area (Å²) in [5.41, 5.74) is 1.11. The third-order valence-corrected chi connectivity index (χ3v) is 3.85.